The van der Waals surface area contributed by atoms with Crippen LogP contribution in [0.3, 0.4) is 0 Å². The second kappa shape index (κ2) is 6.44. The molecule has 4 N–H and O–H groups in total. The van der Waals surface area contributed by atoms with Gasteiger partial charge in [-0.3, -0.25) is 0 Å². The summed E-state index contributed by atoms with van der Waals surface area (Å²) >= 11 is 0. The van der Waals surface area contributed by atoms with Crippen LogP contribution in [0, 0.1) is 0 Å². The Kier molecular flexibility index (Phi) is 5.21. The molecule has 0 amide bonds. The number of phenolic OH excluding ortho intramolecular Hbond substituents is 1. The first kappa shape index (κ1) is 13.8. The first-order chi connectivity index (χ1) is 8.11. The molecule has 0 saturated carbocycles. The predicted octanol–water partition coefficient (Wildman–Crippen LogP) is 0.405. The van der Waals surface area contributed by atoms with Crippen molar-refractivity contribution in [3.8, 4) is 11.5 Å². The molecule has 2 unspecified atom stereocenters. The van der Waals surface area contributed by atoms with Crippen LogP contribution >= 0.6 is 0 Å². The SMILES string of the molecule is CCOc1cccc(C(O)C(O)CNC)c1O. The molecule has 5 nitrogen and oxygen atoms in total. The van der Waals surface area contributed by atoms with E-state index in [1.165, 1.54) is 0 Å². The topological polar surface area (TPSA) is 82.0 Å². The number of para-hydroxylation sites is 1. The highest BCUT2D eigenvalue weighted by Crippen LogP contribution is 2.34. The standard InChI is InChI=1S/C12H19NO4/c1-3-17-10-6-4-5-8(12(10)16)11(15)9(14)7-13-2/h4-6,9,11,13-16H,3,7H2,1-2H3. The Morgan fingerprint density at radius 1 is 1.35 bits per heavy atom. The van der Waals surface area contributed by atoms with Crippen molar-refractivity contribution in [2.24, 2.45) is 0 Å². The number of phenols is 1. The van der Waals surface area contributed by atoms with Gasteiger partial charge in [-0.1, -0.05) is 12.1 Å². The molecule has 0 aliphatic rings. The number of aliphatic hydroxyl groups excluding tert-OH is 2. The lowest BCUT2D eigenvalue weighted by molar-refractivity contribution is 0.0187. The van der Waals surface area contributed by atoms with Crippen LogP contribution in [0.15, 0.2) is 18.2 Å². The largest absolute Gasteiger partial charge is 0.504 e. The van der Waals surface area contributed by atoms with E-state index in [4.69, 9.17) is 4.74 Å². The average molecular weight is 241 g/mol. The summed E-state index contributed by atoms with van der Waals surface area (Å²) < 4.78 is 5.21. The Balaban J connectivity index is 2.93. The average Bonchev–Trinajstić information content (AvgIpc) is 2.31. The van der Waals surface area contributed by atoms with Gasteiger partial charge in [0.05, 0.1) is 12.7 Å². The molecule has 0 bridgehead atoms. The zero-order chi connectivity index (χ0) is 12.8. The molecule has 1 rings (SSSR count). The van der Waals surface area contributed by atoms with Gasteiger partial charge in [0.1, 0.15) is 6.10 Å². The van der Waals surface area contributed by atoms with Gasteiger partial charge in [-0.05, 0) is 20.0 Å². The van der Waals surface area contributed by atoms with E-state index in [0.717, 1.165) is 0 Å². The summed E-state index contributed by atoms with van der Waals surface area (Å²) in [5.74, 6) is 0.178. The Morgan fingerprint density at radius 2 is 2.06 bits per heavy atom. The van der Waals surface area contributed by atoms with E-state index in [9.17, 15) is 15.3 Å². The van der Waals surface area contributed by atoms with Crippen molar-refractivity contribution in [1.29, 1.82) is 0 Å². The van der Waals surface area contributed by atoms with Gasteiger partial charge in [-0.25, -0.2) is 0 Å². The van der Waals surface area contributed by atoms with Gasteiger partial charge in [0.15, 0.2) is 11.5 Å². The maximum absolute atomic E-state index is 9.89. The highest BCUT2D eigenvalue weighted by atomic mass is 16.5. The first-order valence-corrected chi connectivity index (χ1v) is 5.57. The third-order valence-electron chi connectivity index (χ3n) is 2.43. The van der Waals surface area contributed by atoms with Gasteiger partial charge in [0, 0.05) is 12.1 Å². The van der Waals surface area contributed by atoms with E-state index in [-0.39, 0.29) is 17.9 Å². The van der Waals surface area contributed by atoms with E-state index in [1.54, 1.807) is 32.2 Å². The lowest BCUT2D eigenvalue weighted by Gasteiger charge is -2.19. The summed E-state index contributed by atoms with van der Waals surface area (Å²) in [6, 6.07) is 4.83. The fourth-order valence-corrected chi connectivity index (χ4v) is 1.58. The van der Waals surface area contributed by atoms with Gasteiger partial charge in [-0.15, -0.1) is 0 Å². The first-order valence-electron chi connectivity index (χ1n) is 5.57. The monoisotopic (exact) mass is 241 g/mol. The minimum atomic E-state index is -1.15. The lowest BCUT2D eigenvalue weighted by Crippen LogP contribution is -2.29. The molecule has 0 aromatic heterocycles. The second-order valence-electron chi connectivity index (χ2n) is 3.70. The van der Waals surface area contributed by atoms with E-state index in [2.05, 4.69) is 5.32 Å². The number of hydrogen-bond acceptors (Lipinski definition) is 5. The molecule has 2 atom stereocenters. The fourth-order valence-electron chi connectivity index (χ4n) is 1.58. The molecular formula is C12H19NO4. The minimum absolute atomic E-state index is 0.128. The third-order valence-corrected chi connectivity index (χ3v) is 2.43. The molecule has 0 fully saturated rings. The molecule has 17 heavy (non-hydrogen) atoms. The summed E-state index contributed by atoms with van der Waals surface area (Å²) in [6.07, 6.45) is -2.13. The molecule has 0 radical (unpaired) electrons. The van der Waals surface area contributed by atoms with E-state index in [1.807, 2.05) is 0 Å². The lowest BCUT2D eigenvalue weighted by atomic mass is 10.0. The van der Waals surface area contributed by atoms with Crippen LogP contribution in [-0.2, 0) is 0 Å². The molecule has 0 saturated heterocycles. The number of hydrogen-bond donors (Lipinski definition) is 4. The second-order valence-corrected chi connectivity index (χ2v) is 3.70. The zero-order valence-electron chi connectivity index (χ0n) is 10.1. The van der Waals surface area contributed by atoms with Crippen LogP contribution in [0.5, 0.6) is 11.5 Å². The van der Waals surface area contributed by atoms with Crippen molar-refractivity contribution in [2.45, 2.75) is 19.1 Å². The number of rotatable bonds is 6. The van der Waals surface area contributed by atoms with Crippen LogP contribution in [-0.4, -0.2) is 41.6 Å². The highest BCUT2D eigenvalue weighted by Gasteiger charge is 2.22. The van der Waals surface area contributed by atoms with Gasteiger partial charge in [-0.2, -0.15) is 0 Å². The van der Waals surface area contributed by atoms with Crippen molar-refractivity contribution in [2.75, 3.05) is 20.2 Å². The van der Waals surface area contributed by atoms with Crippen molar-refractivity contribution < 1.29 is 20.1 Å². The summed E-state index contributed by atoms with van der Waals surface area (Å²) in [5, 5.41) is 32.2. The fraction of sp³-hybridized carbons (Fsp3) is 0.500. The Labute approximate surface area is 101 Å². The van der Waals surface area contributed by atoms with E-state index in [0.29, 0.717) is 12.4 Å². The van der Waals surface area contributed by atoms with Crippen LogP contribution in [0.2, 0.25) is 0 Å². The Morgan fingerprint density at radius 3 is 2.65 bits per heavy atom. The molecule has 0 spiro atoms. The smallest absolute Gasteiger partial charge is 0.163 e. The minimum Gasteiger partial charge on any atom is -0.504 e. The Hall–Kier alpha value is -1.30. The predicted molar refractivity (Wildman–Crippen MR) is 64.2 cm³/mol. The van der Waals surface area contributed by atoms with Gasteiger partial charge in [0.2, 0.25) is 0 Å². The molecule has 1 aromatic carbocycles. The summed E-state index contributed by atoms with van der Waals surface area (Å²) in [4.78, 5) is 0. The summed E-state index contributed by atoms with van der Waals surface area (Å²) in [5.41, 5.74) is 0.263. The van der Waals surface area contributed by atoms with Crippen molar-refractivity contribution in [1.82, 2.24) is 5.32 Å². The Bertz CT molecular complexity index is 356. The molecule has 0 heterocycles. The van der Waals surface area contributed by atoms with Crippen molar-refractivity contribution in [3.05, 3.63) is 23.8 Å². The van der Waals surface area contributed by atoms with Crippen LogP contribution in [0.4, 0.5) is 0 Å². The molecule has 96 valence electrons. The van der Waals surface area contributed by atoms with Gasteiger partial charge >= 0.3 is 0 Å². The number of aliphatic hydroxyl groups is 2. The number of aromatic hydroxyl groups is 1. The molecule has 1 aromatic rings. The molecular weight excluding hydrogens is 222 g/mol. The van der Waals surface area contributed by atoms with Crippen molar-refractivity contribution in [3.63, 3.8) is 0 Å². The normalized spacial score (nSPS) is 14.4. The maximum atomic E-state index is 9.89. The van der Waals surface area contributed by atoms with Crippen LogP contribution in [0.1, 0.15) is 18.6 Å². The number of likely N-dealkylation sites (N-methyl/N-ethyl adjacent to an activating group) is 1. The number of benzene rings is 1. The van der Waals surface area contributed by atoms with Gasteiger partial charge in [0.25, 0.3) is 0 Å². The van der Waals surface area contributed by atoms with E-state index >= 15 is 0 Å². The molecule has 0 aliphatic heterocycles. The third kappa shape index (κ3) is 3.33. The molecule has 5 heteroatoms. The number of ether oxygens (including phenoxy) is 1. The molecule has 0 aliphatic carbocycles. The maximum Gasteiger partial charge on any atom is 0.163 e. The zero-order valence-corrected chi connectivity index (χ0v) is 10.1. The summed E-state index contributed by atoms with van der Waals surface area (Å²) in [7, 11) is 1.67. The number of nitrogens with one attached hydrogen (secondary N) is 1. The quantitative estimate of drug-likeness (QED) is 0.580. The summed E-state index contributed by atoms with van der Waals surface area (Å²) in [6.45, 7) is 2.46. The van der Waals surface area contributed by atoms with Crippen LogP contribution < -0.4 is 10.1 Å². The van der Waals surface area contributed by atoms with E-state index < -0.39 is 12.2 Å². The van der Waals surface area contributed by atoms with Gasteiger partial charge < -0.3 is 25.4 Å². The van der Waals surface area contributed by atoms with Crippen LogP contribution in [0.25, 0.3) is 0 Å². The van der Waals surface area contributed by atoms with Crippen molar-refractivity contribution >= 4 is 0 Å². The highest BCUT2D eigenvalue weighted by molar-refractivity contribution is 5.46.